The number of aryl methyl sites for hydroxylation is 2. The van der Waals surface area contributed by atoms with Crippen LogP contribution in [-0.2, 0) is 17.8 Å². The first kappa shape index (κ1) is 18.7. The molecule has 7 heteroatoms. The van der Waals surface area contributed by atoms with Crippen LogP contribution in [0.5, 0.6) is 0 Å². The zero-order valence-corrected chi connectivity index (χ0v) is 16.8. The molecule has 146 valence electrons. The van der Waals surface area contributed by atoms with Crippen LogP contribution in [0.1, 0.15) is 47.5 Å². The second-order valence-corrected chi connectivity index (χ2v) is 7.74. The number of aromatic nitrogens is 3. The quantitative estimate of drug-likeness (QED) is 0.649. The maximum Gasteiger partial charge on any atom is 0.244 e. The molecule has 28 heavy (non-hydrogen) atoms. The van der Waals surface area contributed by atoms with E-state index in [0.717, 1.165) is 42.1 Å². The molecule has 1 atom stereocenters. The molecule has 1 fully saturated rings. The monoisotopic (exact) mass is 398 g/mol. The smallest absolute Gasteiger partial charge is 0.244 e. The molecule has 6 nitrogen and oxygen atoms in total. The van der Waals surface area contributed by atoms with E-state index in [1.807, 2.05) is 49.1 Å². The van der Waals surface area contributed by atoms with Gasteiger partial charge in [-0.25, -0.2) is 4.98 Å². The Morgan fingerprint density at radius 1 is 1.32 bits per heavy atom. The standard InChI is InChI=1S/C21H23ClN4O2/c1-14-9-15(2)26(24-14)13-20(27)25-8-4-7-19(25)21-23-12-18(28-21)11-16-5-3-6-17(22)10-16/h3,5-6,9-10,12,19H,4,7-8,11,13H2,1-2H3/t19-/m0/s1. The lowest BCUT2D eigenvalue weighted by Crippen LogP contribution is -2.34. The van der Waals surface area contributed by atoms with Gasteiger partial charge in [-0.05, 0) is 50.5 Å². The average molecular weight is 399 g/mol. The van der Waals surface area contributed by atoms with Crippen molar-refractivity contribution in [1.29, 1.82) is 0 Å². The van der Waals surface area contributed by atoms with Gasteiger partial charge < -0.3 is 9.32 Å². The van der Waals surface area contributed by atoms with E-state index in [9.17, 15) is 4.79 Å². The van der Waals surface area contributed by atoms with E-state index in [0.29, 0.717) is 17.3 Å². The van der Waals surface area contributed by atoms with Crippen LogP contribution in [-0.4, -0.2) is 32.1 Å². The summed E-state index contributed by atoms with van der Waals surface area (Å²) in [7, 11) is 0. The number of benzene rings is 1. The molecule has 0 unspecified atom stereocenters. The van der Waals surface area contributed by atoms with Gasteiger partial charge in [0.2, 0.25) is 11.8 Å². The molecule has 0 spiro atoms. The Kier molecular flexibility index (Phi) is 5.22. The third-order valence-corrected chi connectivity index (χ3v) is 5.32. The molecule has 0 N–H and O–H groups in total. The van der Waals surface area contributed by atoms with Gasteiger partial charge in [0.05, 0.1) is 11.9 Å². The minimum atomic E-state index is -0.113. The maximum absolute atomic E-state index is 12.9. The Morgan fingerprint density at radius 2 is 2.18 bits per heavy atom. The predicted molar refractivity (Wildman–Crippen MR) is 106 cm³/mol. The number of oxazole rings is 1. The first-order chi connectivity index (χ1) is 13.5. The Hall–Kier alpha value is -2.60. The highest BCUT2D eigenvalue weighted by molar-refractivity contribution is 6.30. The summed E-state index contributed by atoms with van der Waals surface area (Å²) >= 11 is 6.06. The first-order valence-corrected chi connectivity index (χ1v) is 9.87. The van der Waals surface area contributed by atoms with E-state index in [2.05, 4.69) is 10.1 Å². The number of amides is 1. The van der Waals surface area contributed by atoms with Crippen molar-refractivity contribution in [3.05, 3.63) is 70.2 Å². The van der Waals surface area contributed by atoms with Crippen molar-refractivity contribution >= 4 is 17.5 Å². The van der Waals surface area contributed by atoms with Crippen molar-refractivity contribution < 1.29 is 9.21 Å². The summed E-state index contributed by atoms with van der Waals surface area (Å²) < 4.78 is 7.76. The minimum Gasteiger partial charge on any atom is -0.443 e. The van der Waals surface area contributed by atoms with E-state index >= 15 is 0 Å². The lowest BCUT2D eigenvalue weighted by molar-refractivity contribution is -0.133. The van der Waals surface area contributed by atoms with Crippen molar-refractivity contribution in [1.82, 2.24) is 19.7 Å². The van der Waals surface area contributed by atoms with Gasteiger partial charge >= 0.3 is 0 Å². The number of likely N-dealkylation sites (tertiary alicyclic amines) is 1. The molecule has 1 aliphatic rings. The van der Waals surface area contributed by atoms with Crippen LogP contribution >= 0.6 is 11.6 Å². The summed E-state index contributed by atoms with van der Waals surface area (Å²) in [5.41, 5.74) is 2.97. The molecule has 1 aromatic carbocycles. The third kappa shape index (κ3) is 3.97. The fourth-order valence-corrected chi connectivity index (χ4v) is 4.00. The summed E-state index contributed by atoms with van der Waals surface area (Å²) in [6.45, 7) is 4.85. The van der Waals surface area contributed by atoms with Crippen LogP contribution in [0, 0.1) is 13.8 Å². The van der Waals surface area contributed by atoms with Gasteiger partial charge in [-0.2, -0.15) is 5.10 Å². The number of hydrogen-bond donors (Lipinski definition) is 0. The number of carbonyl (C=O) groups excluding carboxylic acids is 1. The number of hydrogen-bond acceptors (Lipinski definition) is 4. The first-order valence-electron chi connectivity index (χ1n) is 9.49. The number of rotatable bonds is 5. The van der Waals surface area contributed by atoms with E-state index in [-0.39, 0.29) is 18.5 Å². The normalized spacial score (nSPS) is 16.7. The Balaban J connectivity index is 1.47. The van der Waals surface area contributed by atoms with Crippen LogP contribution in [0.25, 0.3) is 0 Å². The summed E-state index contributed by atoms with van der Waals surface area (Å²) in [5, 5.41) is 5.10. The second kappa shape index (κ2) is 7.80. The molecule has 4 rings (SSSR count). The van der Waals surface area contributed by atoms with Gasteiger partial charge in [-0.3, -0.25) is 9.48 Å². The van der Waals surface area contributed by atoms with Gasteiger partial charge in [0, 0.05) is 23.7 Å². The molecule has 0 radical (unpaired) electrons. The van der Waals surface area contributed by atoms with Gasteiger partial charge in [-0.1, -0.05) is 23.7 Å². The lowest BCUT2D eigenvalue weighted by atomic mass is 10.1. The van der Waals surface area contributed by atoms with Crippen molar-refractivity contribution in [2.45, 2.75) is 45.7 Å². The van der Waals surface area contributed by atoms with Gasteiger partial charge in [0.15, 0.2) is 0 Å². The molecule has 3 aromatic rings. The van der Waals surface area contributed by atoms with Crippen molar-refractivity contribution in [3.63, 3.8) is 0 Å². The SMILES string of the molecule is Cc1cc(C)n(CC(=O)N2CCC[C@H]2c2ncc(Cc3cccc(Cl)c3)o2)n1. The molecule has 1 amide bonds. The third-order valence-electron chi connectivity index (χ3n) is 5.09. The number of carbonyl (C=O) groups is 1. The topological polar surface area (TPSA) is 64.2 Å². The molecular weight excluding hydrogens is 376 g/mol. The molecule has 2 aromatic heterocycles. The second-order valence-electron chi connectivity index (χ2n) is 7.30. The maximum atomic E-state index is 12.9. The van der Waals surface area contributed by atoms with Crippen LogP contribution in [0.15, 0.2) is 40.9 Å². The predicted octanol–water partition coefficient (Wildman–Crippen LogP) is 4.10. The molecule has 3 heterocycles. The van der Waals surface area contributed by atoms with E-state index in [4.69, 9.17) is 16.0 Å². The molecule has 0 aliphatic carbocycles. The van der Waals surface area contributed by atoms with Crippen LogP contribution in [0.4, 0.5) is 0 Å². The molecule has 0 saturated carbocycles. The zero-order chi connectivity index (χ0) is 19.7. The van der Waals surface area contributed by atoms with E-state index < -0.39 is 0 Å². The van der Waals surface area contributed by atoms with Gasteiger partial charge in [0.1, 0.15) is 18.3 Å². The molecular formula is C21H23ClN4O2. The van der Waals surface area contributed by atoms with Gasteiger partial charge in [0.25, 0.3) is 0 Å². The molecule has 0 bridgehead atoms. The highest BCUT2D eigenvalue weighted by Gasteiger charge is 2.33. The average Bonchev–Trinajstić information content (AvgIpc) is 3.35. The summed E-state index contributed by atoms with van der Waals surface area (Å²) in [5.74, 6) is 1.43. The van der Waals surface area contributed by atoms with Crippen LogP contribution in [0.2, 0.25) is 5.02 Å². The fourth-order valence-electron chi connectivity index (χ4n) is 3.78. The number of nitrogens with zero attached hydrogens (tertiary/aromatic N) is 4. The fraction of sp³-hybridized carbons (Fsp3) is 0.381. The number of halogens is 1. The highest BCUT2D eigenvalue weighted by Crippen LogP contribution is 2.32. The zero-order valence-electron chi connectivity index (χ0n) is 16.1. The Labute approximate surface area is 169 Å². The van der Waals surface area contributed by atoms with E-state index in [1.165, 1.54) is 0 Å². The Bertz CT molecular complexity index is 994. The molecule has 1 aliphatic heterocycles. The van der Waals surface area contributed by atoms with E-state index in [1.54, 1.807) is 10.9 Å². The molecule has 1 saturated heterocycles. The largest absolute Gasteiger partial charge is 0.443 e. The van der Waals surface area contributed by atoms with Crippen LogP contribution < -0.4 is 0 Å². The van der Waals surface area contributed by atoms with Crippen molar-refractivity contribution in [2.24, 2.45) is 0 Å². The van der Waals surface area contributed by atoms with Crippen LogP contribution in [0.3, 0.4) is 0 Å². The minimum absolute atomic E-state index is 0.0447. The van der Waals surface area contributed by atoms with Crippen molar-refractivity contribution in [2.75, 3.05) is 6.54 Å². The Morgan fingerprint density at radius 3 is 2.93 bits per heavy atom. The lowest BCUT2D eigenvalue weighted by Gasteiger charge is -2.22. The van der Waals surface area contributed by atoms with Gasteiger partial charge in [-0.15, -0.1) is 0 Å². The highest BCUT2D eigenvalue weighted by atomic mass is 35.5. The van der Waals surface area contributed by atoms with Crippen molar-refractivity contribution in [3.8, 4) is 0 Å². The summed E-state index contributed by atoms with van der Waals surface area (Å²) in [6.07, 6.45) is 4.18. The summed E-state index contributed by atoms with van der Waals surface area (Å²) in [6, 6.07) is 9.56. The summed E-state index contributed by atoms with van der Waals surface area (Å²) in [4.78, 5) is 19.2.